The third kappa shape index (κ3) is 5.28. The number of anilines is 1. The van der Waals surface area contributed by atoms with Gasteiger partial charge in [-0.25, -0.2) is 9.78 Å². The minimum atomic E-state index is -0.491. The summed E-state index contributed by atoms with van der Waals surface area (Å²) in [6.07, 6.45) is 0. The fourth-order valence-corrected chi connectivity index (χ4v) is 5.96. The first-order valence-electron chi connectivity index (χ1n) is 12.3. The molecule has 0 radical (unpaired) electrons. The number of halogens is 2. The highest BCUT2D eigenvalue weighted by Crippen LogP contribution is 2.38. The molecule has 0 fully saturated rings. The fraction of sp³-hybridized carbons (Fsp3) is 0.129. The van der Waals surface area contributed by atoms with E-state index in [9.17, 15) is 9.59 Å². The van der Waals surface area contributed by atoms with Crippen molar-refractivity contribution in [3.63, 3.8) is 0 Å². The largest absolute Gasteiger partial charge is 0.462 e. The molecule has 1 amide bonds. The maximum absolute atomic E-state index is 14.0. The number of carbonyl (C=O) groups is 2. The minimum absolute atomic E-state index is 0.217. The number of aryl methyl sites for hydroxylation is 1. The number of aromatic nitrogens is 1. The lowest BCUT2D eigenvalue weighted by Crippen LogP contribution is -2.17. The Hall–Kier alpha value is -3.71. The molecule has 0 saturated carbocycles. The van der Waals surface area contributed by atoms with Crippen LogP contribution in [0.2, 0.25) is 10.0 Å². The molecule has 0 bridgehead atoms. The van der Waals surface area contributed by atoms with E-state index in [0.717, 1.165) is 11.1 Å². The molecule has 196 valence electrons. The summed E-state index contributed by atoms with van der Waals surface area (Å²) < 4.78 is 5.37. The Morgan fingerprint density at radius 3 is 2.41 bits per heavy atom. The summed E-state index contributed by atoms with van der Waals surface area (Å²) in [5, 5.41) is 6.91. The zero-order chi connectivity index (χ0) is 27.7. The van der Waals surface area contributed by atoms with E-state index in [4.69, 9.17) is 32.9 Å². The first-order valence-corrected chi connectivity index (χ1v) is 13.9. The van der Waals surface area contributed by atoms with Crippen LogP contribution in [0, 0.1) is 13.8 Å². The third-order valence-electron chi connectivity index (χ3n) is 6.41. The third-order valence-corrected chi connectivity index (χ3v) is 7.85. The summed E-state index contributed by atoms with van der Waals surface area (Å²) in [6, 6.07) is 20.5. The highest BCUT2D eigenvalue weighted by Gasteiger charge is 2.26. The maximum atomic E-state index is 14.0. The molecular formula is C31H24Cl2N2O3S. The first-order chi connectivity index (χ1) is 18.8. The molecule has 0 unspecified atom stereocenters. The van der Waals surface area contributed by atoms with Crippen molar-refractivity contribution in [2.75, 3.05) is 11.9 Å². The fourth-order valence-electron chi connectivity index (χ4n) is 4.51. The van der Waals surface area contributed by atoms with E-state index in [0.29, 0.717) is 59.5 Å². The molecule has 0 aliphatic rings. The van der Waals surface area contributed by atoms with Crippen molar-refractivity contribution >= 4 is 62.3 Å². The number of amides is 1. The number of para-hydroxylation sites is 1. The molecule has 2 heterocycles. The van der Waals surface area contributed by atoms with Crippen molar-refractivity contribution in [3.05, 3.63) is 104 Å². The van der Waals surface area contributed by atoms with Gasteiger partial charge >= 0.3 is 5.97 Å². The van der Waals surface area contributed by atoms with Gasteiger partial charge in [0, 0.05) is 26.9 Å². The first kappa shape index (κ1) is 26.9. The Bertz CT molecular complexity index is 1730. The number of rotatable bonds is 6. The lowest BCUT2D eigenvalue weighted by atomic mass is 9.97. The zero-order valence-corrected chi connectivity index (χ0v) is 23.8. The van der Waals surface area contributed by atoms with Gasteiger partial charge in [-0.1, -0.05) is 71.2 Å². The van der Waals surface area contributed by atoms with Crippen LogP contribution < -0.4 is 5.32 Å². The smallest absolute Gasteiger partial charge is 0.341 e. The molecule has 5 aromatic rings. The van der Waals surface area contributed by atoms with Gasteiger partial charge in [-0.15, -0.1) is 11.3 Å². The molecule has 2 aromatic heterocycles. The molecule has 0 spiro atoms. The predicted octanol–water partition coefficient (Wildman–Crippen LogP) is 8.98. The van der Waals surface area contributed by atoms with Gasteiger partial charge in [-0.2, -0.15) is 0 Å². The molecule has 39 heavy (non-hydrogen) atoms. The van der Waals surface area contributed by atoms with Crippen LogP contribution in [0.25, 0.3) is 33.3 Å². The predicted molar refractivity (Wildman–Crippen MR) is 160 cm³/mol. The van der Waals surface area contributed by atoms with E-state index >= 15 is 0 Å². The Balaban J connectivity index is 1.63. The van der Waals surface area contributed by atoms with Crippen molar-refractivity contribution in [3.8, 4) is 22.4 Å². The van der Waals surface area contributed by atoms with Crippen molar-refractivity contribution < 1.29 is 14.3 Å². The van der Waals surface area contributed by atoms with Gasteiger partial charge in [0.25, 0.3) is 5.91 Å². The standard InChI is InChI=1S/C31H24Cl2N2O3S/c1-4-38-31(37)27-23(19-11-9-17(2)10-12-19)16-39-30(27)35-29(36)26-18(3)28(21-14-13-20(32)15-24(21)33)34-25-8-6-5-7-22(25)26/h5-16H,4H2,1-3H3,(H,35,36). The topological polar surface area (TPSA) is 68.3 Å². The summed E-state index contributed by atoms with van der Waals surface area (Å²) in [5.41, 5.74) is 6.01. The maximum Gasteiger partial charge on any atom is 0.341 e. The van der Waals surface area contributed by atoms with Gasteiger partial charge in [0.15, 0.2) is 0 Å². The van der Waals surface area contributed by atoms with Crippen LogP contribution >= 0.6 is 34.5 Å². The van der Waals surface area contributed by atoms with Gasteiger partial charge in [-0.3, -0.25) is 4.79 Å². The number of nitrogens with zero attached hydrogens (tertiary/aromatic N) is 1. The van der Waals surface area contributed by atoms with Crippen molar-refractivity contribution in [2.24, 2.45) is 0 Å². The van der Waals surface area contributed by atoms with E-state index in [1.807, 2.05) is 67.8 Å². The number of nitrogens with one attached hydrogen (secondary N) is 1. The monoisotopic (exact) mass is 574 g/mol. The Morgan fingerprint density at radius 2 is 1.69 bits per heavy atom. The second kappa shape index (κ2) is 11.2. The number of pyridine rings is 1. The van der Waals surface area contributed by atoms with Crippen molar-refractivity contribution in [1.29, 1.82) is 0 Å². The quantitative estimate of drug-likeness (QED) is 0.205. The van der Waals surface area contributed by atoms with Crippen LogP contribution in [0.5, 0.6) is 0 Å². The number of fused-ring (bicyclic) bond motifs is 1. The van der Waals surface area contributed by atoms with Gasteiger partial charge in [-0.05, 0) is 56.2 Å². The molecule has 0 aliphatic heterocycles. The normalized spacial score (nSPS) is 11.0. The second-order valence-corrected chi connectivity index (χ2v) is 10.7. The van der Waals surface area contributed by atoms with Crippen molar-refractivity contribution in [1.82, 2.24) is 4.98 Å². The van der Waals surface area contributed by atoms with Crippen LogP contribution in [-0.2, 0) is 4.74 Å². The number of esters is 1. The average molecular weight is 576 g/mol. The van der Waals surface area contributed by atoms with E-state index < -0.39 is 5.97 Å². The van der Waals surface area contributed by atoms with E-state index in [2.05, 4.69) is 5.32 Å². The van der Waals surface area contributed by atoms with Gasteiger partial charge in [0.1, 0.15) is 10.6 Å². The lowest BCUT2D eigenvalue weighted by molar-refractivity contribution is 0.0529. The van der Waals surface area contributed by atoms with E-state index in [1.54, 1.807) is 25.1 Å². The number of thiophene rings is 1. The van der Waals surface area contributed by atoms with E-state index in [-0.39, 0.29) is 12.5 Å². The molecule has 8 heteroatoms. The Kier molecular flexibility index (Phi) is 7.71. The number of ether oxygens (including phenoxy) is 1. The number of hydrogen-bond donors (Lipinski definition) is 1. The highest BCUT2D eigenvalue weighted by atomic mass is 35.5. The van der Waals surface area contributed by atoms with Crippen LogP contribution in [0.3, 0.4) is 0 Å². The molecule has 0 aliphatic carbocycles. The molecule has 1 N–H and O–H groups in total. The highest BCUT2D eigenvalue weighted by molar-refractivity contribution is 7.15. The summed E-state index contributed by atoms with van der Waals surface area (Å²) in [4.78, 5) is 31.9. The van der Waals surface area contributed by atoms with Gasteiger partial charge < -0.3 is 10.1 Å². The summed E-state index contributed by atoms with van der Waals surface area (Å²) in [5.74, 6) is -0.852. The number of hydrogen-bond acceptors (Lipinski definition) is 5. The Labute approximate surface area is 240 Å². The molecule has 0 atom stereocenters. The number of carbonyl (C=O) groups excluding carboxylic acids is 2. The van der Waals surface area contributed by atoms with Gasteiger partial charge in [0.05, 0.1) is 28.4 Å². The molecular weight excluding hydrogens is 551 g/mol. The second-order valence-electron chi connectivity index (χ2n) is 9.00. The molecule has 5 rings (SSSR count). The molecule has 5 nitrogen and oxygen atoms in total. The van der Waals surface area contributed by atoms with Crippen molar-refractivity contribution in [2.45, 2.75) is 20.8 Å². The molecule has 0 saturated heterocycles. The summed E-state index contributed by atoms with van der Waals surface area (Å²) in [7, 11) is 0. The van der Waals surface area contributed by atoms with Crippen LogP contribution in [0.15, 0.2) is 72.1 Å². The van der Waals surface area contributed by atoms with Gasteiger partial charge in [0.2, 0.25) is 0 Å². The van der Waals surface area contributed by atoms with E-state index in [1.165, 1.54) is 11.3 Å². The SMILES string of the molecule is CCOC(=O)c1c(-c2ccc(C)cc2)csc1NC(=O)c1c(C)c(-c2ccc(Cl)cc2Cl)nc2ccccc12. The Morgan fingerprint density at radius 1 is 0.949 bits per heavy atom. The number of benzene rings is 3. The van der Waals surface area contributed by atoms with Crippen LogP contribution in [-0.4, -0.2) is 23.5 Å². The minimum Gasteiger partial charge on any atom is -0.462 e. The van der Waals surface area contributed by atoms with Crippen LogP contribution in [0.1, 0.15) is 38.8 Å². The summed E-state index contributed by atoms with van der Waals surface area (Å²) >= 11 is 13.9. The lowest BCUT2D eigenvalue weighted by Gasteiger charge is -2.16. The molecule has 3 aromatic carbocycles. The van der Waals surface area contributed by atoms with Crippen LogP contribution in [0.4, 0.5) is 5.00 Å². The average Bonchev–Trinajstić information content (AvgIpc) is 3.32. The summed E-state index contributed by atoms with van der Waals surface area (Å²) in [6.45, 7) is 5.81. The zero-order valence-electron chi connectivity index (χ0n) is 21.5.